The van der Waals surface area contributed by atoms with Crippen molar-refractivity contribution in [2.24, 2.45) is 5.41 Å². The molecule has 0 bridgehead atoms. The zero-order valence-electron chi connectivity index (χ0n) is 12.2. The minimum atomic E-state index is -4.56. The Morgan fingerprint density at radius 1 is 1.14 bits per heavy atom. The Labute approximate surface area is 134 Å². The molecule has 4 nitrogen and oxygen atoms in total. The van der Waals surface area contributed by atoms with Crippen molar-refractivity contribution in [2.45, 2.75) is 44.7 Å². The summed E-state index contributed by atoms with van der Waals surface area (Å²) in [7, 11) is 0. The van der Waals surface area contributed by atoms with Gasteiger partial charge in [-0.2, -0.15) is 18.2 Å². The SMILES string of the molecule is Cc1c(CC(C)(C)C)c(CI)nc2nc(C(F)(F)F)nn12. The van der Waals surface area contributed by atoms with Gasteiger partial charge in [-0.25, -0.2) is 9.50 Å². The van der Waals surface area contributed by atoms with Gasteiger partial charge in [0.15, 0.2) is 0 Å². The van der Waals surface area contributed by atoms with Crippen molar-refractivity contribution < 1.29 is 13.2 Å². The van der Waals surface area contributed by atoms with E-state index < -0.39 is 12.0 Å². The smallest absolute Gasteiger partial charge is 0.215 e. The molecule has 0 amide bonds. The van der Waals surface area contributed by atoms with Crippen LogP contribution in [0, 0.1) is 12.3 Å². The minimum Gasteiger partial charge on any atom is -0.215 e. The molecule has 0 aliphatic heterocycles. The molecule has 0 N–H and O–H groups in total. The van der Waals surface area contributed by atoms with Crippen molar-refractivity contribution in [1.82, 2.24) is 19.6 Å². The maximum absolute atomic E-state index is 12.7. The van der Waals surface area contributed by atoms with Gasteiger partial charge in [0.1, 0.15) is 0 Å². The maximum atomic E-state index is 12.7. The van der Waals surface area contributed by atoms with Gasteiger partial charge >= 0.3 is 6.18 Å². The fourth-order valence-electron chi connectivity index (χ4n) is 2.12. The molecule has 21 heavy (non-hydrogen) atoms. The van der Waals surface area contributed by atoms with E-state index in [2.05, 4.69) is 58.4 Å². The van der Waals surface area contributed by atoms with Crippen LogP contribution in [-0.2, 0) is 17.0 Å². The summed E-state index contributed by atoms with van der Waals surface area (Å²) in [5, 5.41) is 3.57. The topological polar surface area (TPSA) is 43.1 Å². The van der Waals surface area contributed by atoms with Gasteiger partial charge in [-0.1, -0.05) is 43.4 Å². The molecule has 0 aliphatic carbocycles. The van der Waals surface area contributed by atoms with E-state index in [1.54, 1.807) is 6.92 Å². The van der Waals surface area contributed by atoms with Crippen molar-refractivity contribution in [3.8, 4) is 0 Å². The number of nitrogens with zero attached hydrogens (tertiary/aromatic N) is 4. The summed E-state index contributed by atoms with van der Waals surface area (Å²) in [6.07, 6.45) is -3.84. The largest absolute Gasteiger partial charge is 0.453 e. The Kier molecular flexibility index (Phi) is 4.20. The lowest BCUT2D eigenvalue weighted by Crippen LogP contribution is -2.15. The van der Waals surface area contributed by atoms with Crippen LogP contribution in [0.4, 0.5) is 13.2 Å². The van der Waals surface area contributed by atoms with Gasteiger partial charge in [0, 0.05) is 10.1 Å². The Hall–Kier alpha value is -0.930. The number of rotatable bonds is 2. The van der Waals surface area contributed by atoms with Crippen molar-refractivity contribution in [2.75, 3.05) is 0 Å². The molecule has 116 valence electrons. The average molecular weight is 412 g/mol. The average Bonchev–Trinajstić information content (AvgIpc) is 2.75. The Morgan fingerprint density at radius 3 is 2.24 bits per heavy atom. The number of hydrogen-bond donors (Lipinski definition) is 0. The van der Waals surface area contributed by atoms with Gasteiger partial charge in [-0.15, -0.1) is 5.10 Å². The van der Waals surface area contributed by atoms with Gasteiger partial charge in [0.2, 0.25) is 0 Å². The van der Waals surface area contributed by atoms with Crippen LogP contribution in [0.25, 0.3) is 5.78 Å². The highest BCUT2D eigenvalue weighted by Crippen LogP contribution is 2.29. The molecular formula is C13H16F3IN4. The molecule has 0 radical (unpaired) electrons. The highest BCUT2D eigenvalue weighted by molar-refractivity contribution is 14.1. The van der Waals surface area contributed by atoms with E-state index in [0.29, 0.717) is 10.1 Å². The van der Waals surface area contributed by atoms with Crippen LogP contribution in [0.2, 0.25) is 0 Å². The highest BCUT2D eigenvalue weighted by Gasteiger charge is 2.37. The number of fused-ring (bicyclic) bond motifs is 1. The number of hydrogen-bond acceptors (Lipinski definition) is 3. The maximum Gasteiger partial charge on any atom is 0.453 e. The van der Waals surface area contributed by atoms with Crippen LogP contribution in [0.1, 0.15) is 43.5 Å². The van der Waals surface area contributed by atoms with E-state index in [1.165, 1.54) is 4.52 Å². The van der Waals surface area contributed by atoms with E-state index in [9.17, 15) is 13.2 Å². The molecule has 0 aromatic carbocycles. The first-order chi connectivity index (χ1) is 9.53. The van der Waals surface area contributed by atoms with Crippen LogP contribution in [0.15, 0.2) is 0 Å². The van der Waals surface area contributed by atoms with Gasteiger partial charge < -0.3 is 0 Å². The van der Waals surface area contributed by atoms with E-state index in [0.717, 1.165) is 17.7 Å². The fraction of sp³-hybridized carbons (Fsp3) is 0.615. The number of alkyl halides is 4. The van der Waals surface area contributed by atoms with Crippen molar-refractivity contribution in [3.05, 3.63) is 22.8 Å². The molecule has 0 fully saturated rings. The first-order valence-corrected chi connectivity index (χ1v) is 7.94. The lowest BCUT2D eigenvalue weighted by molar-refractivity contribution is -0.144. The summed E-state index contributed by atoms with van der Waals surface area (Å²) in [5.41, 5.74) is 2.40. The Bertz CT molecular complexity index is 671. The molecule has 0 saturated carbocycles. The molecule has 2 heterocycles. The van der Waals surface area contributed by atoms with Gasteiger partial charge in [0.25, 0.3) is 11.6 Å². The summed E-state index contributed by atoms with van der Waals surface area (Å²) in [5.74, 6) is -1.14. The lowest BCUT2D eigenvalue weighted by atomic mass is 9.87. The highest BCUT2D eigenvalue weighted by atomic mass is 127. The number of halogens is 4. The van der Waals surface area contributed by atoms with Crippen LogP contribution in [-0.4, -0.2) is 19.6 Å². The second kappa shape index (κ2) is 5.36. The van der Waals surface area contributed by atoms with Crippen LogP contribution >= 0.6 is 22.6 Å². The van der Waals surface area contributed by atoms with E-state index in [4.69, 9.17) is 0 Å². The van der Waals surface area contributed by atoms with E-state index in [-0.39, 0.29) is 11.2 Å². The molecule has 0 atom stereocenters. The molecule has 8 heteroatoms. The molecule has 0 spiro atoms. The minimum absolute atomic E-state index is 0.00384. The van der Waals surface area contributed by atoms with Crippen LogP contribution in [0.5, 0.6) is 0 Å². The third-order valence-corrected chi connectivity index (χ3v) is 3.74. The molecule has 2 aromatic heterocycles. The molecule has 2 aromatic rings. The monoisotopic (exact) mass is 412 g/mol. The number of aryl methyl sites for hydroxylation is 1. The van der Waals surface area contributed by atoms with Crippen LogP contribution in [0.3, 0.4) is 0 Å². The summed E-state index contributed by atoms with van der Waals surface area (Å²) in [6, 6.07) is 0. The molecule has 0 saturated heterocycles. The van der Waals surface area contributed by atoms with E-state index >= 15 is 0 Å². The fourth-order valence-corrected chi connectivity index (χ4v) is 2.75. The first kappa shape index (κ1) is 16.4. The normalized spacial score (nSPS) is 13.1. The van der Waals surface area contributed by atoms with Crippen molar-refractivity contribution in [1.29, 1.82) is 0 Å². The lowest BCUT2D eigenvalue weighted by Gasteiger charge is -2.21. The third kappa shape index (κ3) is 3.46. The Balaban J connectivity index is 2.67. The first-order valence-electron chi connectivity index (χ1n) is 6.41. The van der Waals surface area contributed by atoms with Gasteiger partial charge in [-0.05, 0) is 24.3 Å². The van der Waals surface area contributed by atoms with Crippen molar-refractivity contribution in [3.63, 3.8) is 0 Å². The summed E-state index contributed by atoms with van der Waals surface area (Å²) in [6.45, 7) is 8.00. The van der Waals surface area contributed by atoms with Gasteiger partial charge in [-0.3, -0.25) is 0 Å². The third-order valence-electron chi connectivity index (χ3n) is 3.02. The second-order valence-corrected chi connectivity index (χ2v) is 6.90. The van der Waals surface area contributed by atoms with Crippen molar-refractivity contribution >= 4 is 28.4 Å². The predicted molar refractivity (Wildman–Crippen MR) is 81.4 cm³/mol. The quantitative estimate of drug-likeness (QED) is 0.554. The zero-order valence-corrected chi connectivity index (χ0v) is 14.4. The standard InChI is InChI=1S/C13H16F3IN4/c1-7-8(5-12(2,3)4)9(6-17)18-11-19-10(13(14,15)16)20-21(7)11/h5-6H2,1-4H3. The summed E-state index contributed by atoms with van der Waals surface area (Å²) >= 11 is 2.16. The van der Waals surface area contributed by atoms with Crippen LogP contribution < -0.4 is 0 Å². The van der Waals surface area contributed by atoms with Gasteiger partial charge in [0.05, 0.1) is 5.69 Å². The molecule has 0 unspecified atom stereocenters. The number of aromatic nitrogens is 4. The summed E-state index contributed by atoms with van der Waals surface area (Å²) in [4.78, 5) is 7.76. The Morgan fingerprint density at radius 2 is 1.76 bits per heavy atom. The molecule has 2 rings (SSSR count). The predicted octanol–water partition coefficient (Wildman–Crippen LogP) is 3.98. The summed E-state index contributed by atoms with van der Waals surface area (Å²) < 4.78 is 40.0. The second-order valence-electron chi connectivity index (χ2n) is 6.14. The molecular weight excluding hydrogens is 396 g/mol. The zero-order chi connectivity index (χ0) is 16.0. The molecule has 0 aliphatic rings. The van der Waals surface area contributed by atoms with E-state index in [1.807, 2.05) is 0 Å².